The first-order valence-corrected chi connectivity index (χ1v) is 9.71. The number of rotatable bonds is 6. The lowest BCUT2D eigenvalue weighted by Crippen LogP contribution is -2.03. The molecule has 4 nitrogen and oxygen atoms in total. The average Bonchev–Trinajstić information content (AvgIpc) is 3.21. The highest BCUT2D eigenvalue weighted by Gasteiger charge is 2.20. The number of carbonyl (C=O) groups is 1. The molecule has 0 saturated heterocycles. The normalized spacial score (nSPS) is 11.9. The van der Waals surface area contributed by atoms with Gasteiger partial charge in [-0.1, -0.05) is 48.0 Å². The highest BCUT2D eigenvalue weighted by molar-refractivity contribution is 6.31. The van der Waals surface area contributed by atoms with Crippen LogP contribution in [-0.4, -0.2) is 10.8 Å². The number of ether oxygens (including phenoxy) is 1. The first kappa shape index (κ1) is 19.4. The highest BCUT2D eigenvalue weighted by atomic mass is 16.5. The van der Waals surface area contributed by atoms with Crippen molar-refractivity contribution in [2.75, 3.05) is 0 Å². The fourth-order valence-corrected chi connectivity index (χ4v) is 3.03. The van der Waals surface area contributed by atoms with Crippen LogP contribution in [-0.2, 0) is 0 Å². The Morgan fingerprint density at radius 1 is 0.967 bits per heavy atom. The van der Waals surface area contributed by atoms with Gasteiger partial charge < -0.3 is 9.15 Å². The molecule has 0 aliphatic carbocycles. The molecule has 0 saturated carbocycles. The van der Waals surface area contributed by atoms with Crippen LogP contribution in [0.15, 0.2) is 89.6 Å². The number of hydrogen-bond donors (Lipinski definition) is 0. The summed E-state index contributed by atoms with van der Waals surface area (Å²) in [6.07, 6.45) is 5.21. The van der Waals surface area contributed by atoms with Gasteiger partial charge in [0.05, 0.1) is 11.8 Å². The number of aryl methyl sites for hydroxylation is 1. The Morgan fingerprint density at radius 3 is 2.40 bits per heavy atom. The lowest BCUT2D eigenvalue weighted by Gasteiger charge is -2.06. The average molecular weight is 395 g/mol. The van der Waals surface area contributed by atoms with E-state index < -0.39 is 0 Å². The maximum Gasteiger partial charge on any atom is 0.231 e. The molecule has 0 unspecified atom stereocenters. The summed E-state index contributed by atoms with van der Waals surface area (Å²) in [6.45, 7) is 3.90. The Balaban J connectivity index is 1.76. The summed E-state index contributed by atoms with van der Waals surface area (Å²) in [5.74, 6) is 0.798. The van der Waals surface area contributed by atoms with Crippen molar-refractivity contribution in [2.24, 2.45) is 0 Å². The molecule has 148 valence electrons. The third-order valence-electron chi connectivity index (χ3n) is 4.61. The zero-order valence-electron chi connectivity index (χ0n) is 16.8. The van der Waals surface area contributed by atoms with Crippen LogP contribution >= 0.6 is 0 Å². The fourth-order valence-electron chi connectivity index (χ4n) is 3.03. The molecule has 0 radical (unpaired) electrons. The van der Waals surface area contributed by atoms with E-state index in [0.717, 1.165) is 11.1 Å². The molecule has 4 aromatic rings. The lowest BCUT2D eigenvalue weighted by molar-refractivity contribution is 0.105. The van der Waals surface area contributed by atoms with Gasteiger partial charge in [0.25, 0.3) is 0 Å². The summed E-state index contributed by atoms with van der Waals surface area (Å²) in [5.41, 5.74) is 4.34. The van der Waals surface area contributed by atoms with Gasteiger partial charge in [0, 0.05) is 5.56 Å². The molecule has 0 fully saturated rings. The van der Waals surface area contributed by atoms with E-state index in [1.807, 2.05) is 68.5 Å². The molecule has 30 heavy (non-hydrogen) atoms. The highest BCUT2D eigenvalue weighted by Crippen LogP contribution is 2.27. The first-order chi connectivity index (χ1) is 14.6. The molecule has 4 rings (SSSR count). The van der Waals surface area contributed by atoms with Crippen molar-refractivity contribution in [1.29, 1.82) is 0 Å². The minimum atomic E-state index is -0.167. The van der Waals surface area contributed by atoms with Gasteiger partial charge in [0.2, 0.25) is 5.89 Å². The van der Waals surface area contributed by atoms with E-state index in [1.54, 1.807) is 36.6 Å². The summed E-state index contributed by atoms with van der Waals surface area (Å²) in [4.78, 5) is 17.9. The predicted octanol–water partition coefficient (Wildman–Crippen LogP) is 6.47. The van der Waals surface area contributed by atoms with Crippen molar-refractivity contribution in [1.82, 2.24) is 4.98 Å². The minimum absolute atomic E-state index is 0.167. The summed E-state index contributed by atoms with van der Waals surface area (Å²) >= 11 is 0. The third-order valence-corrected chi connectivity index (χ3v) is 4.61. The van der Waals surface area contributed by atoms with Crippen molar-refractivity contribution in [3.63, 3.8) is 0 Å². The van der Waals surface area contributed by atoms with Crippen molar-refractivity contribution in [3.8, 4) is 5.75 Å². The molecular weight excluding hydrogens is 374 g/mol. The lowest BCUT2D eigenvalue weighted by atomic mass is 10.0. The van der Waals surface area contributed by atoms with E-state index >= 15 is 0 Å². The van der Waals surface area contributed by atoms with Gasteiger partial charge in [-0.15, -0.1) is 0 Å². The van der Waals surface area contributed by atoms with Gasteiger partial charge >= 0.3 is 0 Å². The second kappa shape index (κ2) is 8.62. The van der Waals surface area contributed by atoms with Crippen molar-refractivity contribution < 1.29 is 13.9 Å². The van der Waals surface area contributed by atoms with E-state index in [1.165, 1.54) is 0 Å². The van der Waals surface area contributed by atoms with E-state index in [2.05, 4.69) is 4.98 Å². The van der Waals surface area contributed by atoms with Crippen LogP contribution in [0.4, 0.5) is 0 Å². The monoisotopic (exact) mass is 395 g/mol. The largest absolute Gasteiger partial charge is 0.465 e. The molecule has 4 heteroatoms. The molecule has 0 aliphatic heterocycles. The zero-order valence-corrected chi connectivity index (χ0v) is 16.8. The molecule has 0 amide bonds. The number of para-hydroxylation sites is 2. The van der Waals surface area contributed by atoms with Gasteiger partial charge in [-0.3, -0.25) is 4.79 Å². The van der Waals surface area contributed by atoms with E-state index in [0.29, 0.717) is 33.9 Å². The number of fused-ring (bicyclic) bond motifs is 1. The number of allylic oxidation sites excluding steroid dienone is 2. The molecule has 1 aromatic heterocycles. The minimum Gasteiger partial charge on any atom is -0.465 e. The summed E-state index contributed by atoms with van der Waals surface area (Å²) in [6, 6.07) is 22.5. The number of oxazole rings is 1. The molecule has 0 aliphatic rings. The van der Waals surface area contributed by atoms with Gasteiger partial charge in [-0.2, -0.15) is 0 Å². The molecule has 0 spiro atoms. The fraction of sp³-hybridized carbons (Fsp3) is 0.0769. The van der Waals surface area contributed by atoms with Gasteiger partial charge in [-0.25, -0.2) is 4.98 Å². The van der Waals surface area contributed by atoms with Crippen molar-refractivity contribution in [2.45, 2.75) is 13.8 Å². The summed E-state index contributed by atoms with van der Waals surface area (Å²) in [7, 11) is 0. The number of benzene rings is 3. The maximum atomic E-state index is 13.4. The van der Waals surface area contributed by atoms with Crippen molar-refractivity contribution >= 4 is 28.5 Å². The Hall–Kier alpha value is -3.92. The van der Waals surface area contributed by atoms with Gasteiger partial charge in [0.15, 0.2) is 11.4 Å². The van der Waals surface area contributed by atoms with Crippen LogP contribution in [0.25, 0.3) is 22.7 Å². The summed E-state index contributed by atoms with van der Waals surface area (Å²) in [5, 5.41) is 0. The van der Waals surface area contributed by atoms with Crippen LogP contribution in [0, 0.1) is 6.92 Å². The number of aromatic nitrogens is 1. The van der Waals surface area contributed by atoms with Gasteiger partial charge in [-0.05, 0) is 61.9 Å². The molecule has 1 heterocycles. The standard InChI is InChI=1S/C26H21NO3/c1-3-16-29-21-14-12-20(13-15-21)25(28)22(17-19-10-8-18(2)9-11-19)26-27-23-6-4-5-7-24(23)30-26/h3-17H,1-2H3. The molecule has 0 atom stereocenters. The number of nitrogens with zero attached hydrogens (tertiary/aromatic N) is 1. The molecule has 0 bridgehead atoms. The molecule has 3 aromatic carbocycles. The molecule has 0 N–H and O–H groups in total. The van der Waals surface area contributed by atoms with Crippen molar-refractivity contribution in [3.05, 3.63) is 108 Å². The first-order valence-electron chi connectivity index (χ1n) is 9.71. The van der Waals surface area contributed by atoms with Crippen LogP contribution in [0.5, 0.6) is 5.75 Å². The number of hydrogen-bond acceptors (Lipinski definition) is 4. The Kier molecular flexibility index (Phi) is 5.57. The van der Waals surface area contributed by atoms with Crippen LogP contribution in [0.1, 0.15) is 34.3 Å². The number of ketones is 1. The zero-order chi connectivity index (χ0) is 20.9. The topological polar surface area (TPSA) is 52.3 Å². The van der Waals surface area contributed by atoms with Crippen LogP contribution < -0.4 is 4.74 Å². The molecular formula is C26H21NO3. The second-order valence-corrected chi connectivity index (χ2v) is 6.90. The predicted molar refractivity (Wildman–Crippen MR) is 119 cm³/mol. The Bertz CT molecular complexity index is 1200. The smallest absolute Gasteiger partial charge is 0.231 e. The third kappa shape index (κ3) is 4.23. The Labute approximate surface area is 175 Å². The SMILES string of the molecule is CC=COc1ccc(C(=O)C(=Cc2ccc(C)cc2)c2nc3ccccc3o2)cc1. The number of carbonyl (C=O) groups excluding carboxylic acids is 1. The van der Waals surface area contributed by atoms with E-state index in [-0.39, 0.29) is 5.78 Å². The van der Waals surface area contributed by atoms with Gasteiger partial charge in [0.1, 0.15) is 11.3 Å². The summed E-state index contributed by atoms with van der Waals surface area (Å²) < 4.78 is 11.4. The van der Waals surface area contributed by atoms with E-state index in [4.69, 9.17) is 9.15 Å². The second-order valence-electron chi connectivity index (χ2n) is 6.90. The van der Waals surface area contributed by atoms with E-state index in [9.17, 15) is 4.79 Å². The quantitative estimate of drug-likeness (QED) is 0.213. The number of Topliss-reactive ketones (excluding diaryl/α,β-unsaturated/α-hetero) is 1. The van der Waals surface area contributed by atoms with Crippen LogP contribution in [0.2, 0.25) is 0 Å². The Morgan fingerprint density at radius 2 is 1.70 bits per heavy atom. The van der Waals surface area contributed by atoms with Crippen LogP contribution in [0.3, 0.4) is 0 Å². The maximum absolute atomic E-state index is 13.4.